The first-order chi connectivity index (χ1) is 12.6. The summed E-state index contributed by atoms with van der Waals surface area (Å²) < 4.78 is 2.17. The van der Waals surface area contributed by atoms with Gasteiger partial charge in [-0.3, -0.25) is 4.98 Å². The van der Waals surface area contributed by atoms with E-state index in [-0.39, 0.29) is 12.1 Å². The predicted molar refractivity (Wildman–Crippen MR) is 103 cm³/mol. The van der Waals surface area contributed by atoms with E-state index in [0.717, 1.165) is 17.8 Å². The molecule has 132 valence electrons. The summed E-state index contributed by atoms with van der Waals surface area (Å²) >= 11 is 12.0. The van der Waals surface area contributed by atoms with E-state index in [1.807, 2.05) is 35.4 Å². The van der Waals surface area contributed by atoms with Crippen molar-refractivity contribution in [2.75, 3.05) is 11.9 Å². The van der Waals surface area contributed by atoms with Gasteiger partial charge in [-0.25, -0.2) is 4.79 Å². The van der Waals surface area contributed by atoms with Gasteiger partial charge in [-0.15, -0.1) is 0 Å². The molecule has 5 nitrogen and oxygen atoms in total. The number of aromatic nitrogens is 2. The van der Waals surface area contributed by atoms with Crippen molar-refractivity contribution >= 4 is 34.9 Å². The molecule has 4 rings (SSSR count). The fourth-order valence-corrected chi connectivity index (χ4v) is 3.57. The second kappa shape index (κ2) is 7.02. The Morgan fingerprint density at radius 3 is 2.65 bits per heavy atom. The summed E-state index contributed by atoms with van der Waals surface area (Å²) in [5.74, 6) is 0. The van der Waals surface area contributed by atoms with Crippen molar-refractivity contribution in [2.24, 2.45) is 0 Å². The van der Waals surface area contributed by atoms with Gasteiger partial charge in [0, 0.05) is 43.1 Å². The van der Waals surface area contributed by atoms with Crippen LogP contribution < -0.4 is 5.32 Å². The molecule has 0 fully saturated rings. The fraction of sp³-hybridized carbons (Fsp3) is 0.158. The fourth-order valence-electron chi connectivity index (χ4n) is 3.27. The summed E-state index contributed by atoms with van der Waals surface area (Å²) in [7, 11) is 0. The van der Waals surface area contributed by atoms with E-state index in [1.54, 1.807) is 30.6 Å². The lowest BCUT2D eigenvalue weighted by Crippen LogP contribution is -2.44. The number of nitrogens with one attached hydrogen (secondary N) is 1. The van der Waals surface area contributed by atoms with Crippen LogP contribution in [0.1, 0.15) is 17.3 Å². The van der Waals surface area contributed by atoms with Gasteiger partial charge in [-0.1, -0.05) is 23.2 Å². The number of halogens is 2. The molecule has 0 bridgehead atoms. The number of carbonyl (C=O) groups excluding carboxylic acids is 1. The van der Waals surface area contributed by atoms with E-state index < -0.39 is 0 Å². The molecule has 0 spiro atoms. The SMILES string of the molecule is O=C(Nc1ccc(Cl)c(Cl)c1)N1CCn2cccc2C1c1ccncc1. The molecule has 1 atom stereocenters. The van der Waals surface area contributed by atoms with Crippen molar-refractivity contribution in [3.8, 4) is 0 Å². The Hall–Kier alpha value is -2.50. The molecule has 7 heteroatoms. The van der Waals surface area contributed by atoms with E-state index in [2.05, 4.69) is 14.9 Å². The van der Waals surface area contributed by atoms with Gasteiger partial charge >= 0.3 is 6.03 Å². The Kier molecular flexibility index (Phi) is 4.57. The number of nitrogens with zero attached hydrogens (tertiary/aromatic N) is 3. The zero-order chi connectivity index (χ0) is 18.1. The van der Waals surface area contributed by atoms with Crippen molar-refractivity contribution in [1.29, 1.82) is 0 Å². The van der Waals surface area contributed by atoms with Crippen LogP contribution in [0.25, 0.3) is 0 Å². The maximum absolute atomic E-state index is 13.0. The van der Waals surface area contributed by atoms with E-state index in [9.17, 15) is 4.79 Å². The number of rotatable bonds is 2. The molecule has 1 aliphatic heterocycles. The summed E-state index contributed by atoms with van der Waals surface area (Å²) in [6.45, 7) is 1.35. The van der Waals surface area contributed by atoms with E-state index in [4.69, 9.17) is 23.2 Å². The molecule has 1 aromatic carbocycles. The summed E-state index contributed by atoms with van der Waals surface area (Å²) in [5, 5.41) is 3.78. The number of benzene rings is 1. The van der Waals surface area contributed by atoms with Gasteiger partial charge in [0.2, 0.25) is 0 Å². The number of carbonyl (C=O) groups is 1. The van der Waals surface area contributed by atoms with E-state index in [0.29, 0.717) is 22.3 Å². The molecule has 0 radical (unpaired) electrons. The van der Waals surface area contributed by atoms with E-state index in [1.165, 1.54) is 0 Å². The maximum atomic E-state index is 13.0. The normalized spacial score (nSPS) is 16.2. The van der Waals surface area contributed by atoms with Crippen molar-refractivity contribution in [3.63, 3.8) is 0 Å². The van der Waals surface area contributed by atoms with Gasteiger partial charge in [0.05, 0.1) is 16.1 Å². The average molecular weight is 387 g/mol. The minimum absolute atomic E-state index is 0.176. The lowest BCUT2D eigenvalue weighted by molar-refractivity contribution is 0.182. The molecule has 1 unspecified atom stereocenters. The van der Waals surface area contributed by atoms with E-state index >= 15 is 0 Å². The van der Waals surface area contributed by atoms with Gasteiger partial charge in [0.15, 0.2) is 0 Å². The molecular weight excluding hydrogens is 371 g/mol. The largest absolute Gasteiger partial charge is 0.348 e. The predicted octanol–water partition coefficient (Wildman–Crippen LogP) is 4.83. The van der Waals surface area contributed by atoms with Crippen LogP contribution in [0.4, 0.5) is 10.5 Å². The number of hydrogen-bond acceptors (Lipinski definition) is 2. The Morgan fingerprint density at radius 2 is 1.88 bits per heavy atom. The van der Waals surface area contributed by atoms with Crippen molar-refractivity contribution in [3.05, 3.63) is 82.4 Å². The third-order valence-electron chi connectivity index (χ3n) is 4.49. The number of urea groups is 1. The summed E-state index contributed by atoms with van der Waals surface area (Å²) in [4.78, 5) is 18.9. The van der Waals surface area contributed by atoms with Crippen LogP contribution in [0.2, 0.25) is 10.0 Å². The smallest absolute Gasteiger partial charge is 0.322 e. The highest BCUT2D eigenvalue weighted by Crippen LogP contribution is 2.33. The Balaban J connectivity index is 1.65. The standard InChI is InChI=1S/C19H16Cl2N4O/c20-15-4-3-14(12-16(15)21)23-19(26)25-11-10-24-9-1-2-17(24)18(25)13-5-7-22-8-6-13/h1-9,12,18H,10-11H2,(H,23,26). The van der Waals surface area contributed by atoms with Gasteiger partial charge in [0.1, 0.15) is 0 Å². The van der Waals surface area contributed by atoms with Crippen LogP contribution in [-0.4, -0.2) is 27.0 Å². The number of amides is 2. The highest BCUT2D eigenvalue weighted by molar-refractivity contribution is 6.42. The molecular formula is C19H16Cl2N4O. The summed E-state index contributed by atoms with van der Waals surface area (Å²) in [6, 6.07) is 12.6. The molecule has 0 saturated heterocycles. The van der Waals surface area contributed by atoms with Crippen LogP contribution >= 0.6 is 23.2 Å². The van der Waals surface area contributed by atoms with Crippen molar-refractivity contribution < 1.29 is 4.79 Å². The minimum Gasteiger partial charge on any atom is -0.348 e. The minimum atomic E-state index is -0.183. The average Bonchev–Trinajstić information content (AvgIpc) is 3.13. The summed E-state index contributed by atoms with van der Waals surface area (Å²) in [5.41, 5.74) is 2.70. The highest BCUT2D eigenvalue weighted by atomic mass is 35.5. The Labute approximate surface area is 161 Å². The zero-order valence-electron chi connectivity index (χ0n) is 13.8. The Morgan fingerprint density at radius 1 is 1.08 bits per heavy atom. The molecule has 2 amide bonds. The first kappa shape index (κ1) is 16.9. The first-order valence-corrected chi connectivity index (χ1v) is 8.97. The molecule has 1 aliphatic rings. The third kappa shape index (κ3) is 3.16. The van der Waals surface area contributed by atoms with Crippen LogP contribution in [0.5, 0.6) is 0 Å². The molecule has 0 aliphatic carbocycles. The lowest BCUT2D eigenvalue weighted by atomic mass is 10.0. The van der Waals surface area contributed by atoms with Crippen LogP contribution in [-0.2, 0) is 6.54 Å². The van der Waals surface area contributed by atoms with Crippen molar-refractivity contribution in [1.82, 2.24) is 14.5 Å². The van der Waals surface area contributed by atoms with Gasteiger partial charge in [0.25, 0.3) is 0 Å². The highest BCUT2D eigenvalue weighted by Gasteiger charge is 2.32. The third-order valence-corrected chi connectivity index (χ3v) is 5.23. The zero-order valence-corrected chi connectivity index (χ0v) is 15.3. The summed E-state index contributed by atoms with van der Waals surface area (Å²) in [6.07, 6.45) is 5.52. The molecule has 1 N–H and O–H groups in total. The van der Waals surface area contributed by atoms with Crippen LogP contribution in [0.15, 0.2) is 61.1 Å². The molecule has 3 aromatic rings. The first-order valence-electron chi connectivity index (χ1n) is 8.21. The number of pyridine rings is 1. The topological polar surface area (TPSA) is 50.2 Å². The quantitative estimate of drug-likeness (QED) is 0.685. The van der Waals surface area contributed by atoms with Crippen LogP contribution in [0, 0.1) is 0 Å². The number of anilines is 1. The monoisotopic (exact) mass is 386 g/mol. The maximum Gasteiger partial charge on any atom is 0.322 e. The van der Waals surface area contributed by atoms with Gasteiger partial charge in [-0.05, 0) is 48.0 Å². The molecule has 3 heterocycles. The number of fused-ring (bicyclic) bond motifs is 1. The van der Waals surface area contributed by atoms with Crippen LogP contribution in [0.3, 0.4) is 0 Å². The molecule has 26 heavy (non-hydrogen) atoms. The van der Waals surface area contributed by atoms with Gasteiger partial charge in [-0.2, -0.15) is 0 Å². The molecule has 0 saturated carbocycles. The molecule has 2 aromatic heterocycles. The van der Waals surface area contributed by atoms with Crippen molar-refractivity contribution in [2.45, 2.75) is 12.6 Å². The second-order valence-corrected chi connectivity index (χ2v) is 6.88. The number of hydrogen-bond donors (Lipinski definition) is 1. The second-order valence-electron chi connectivity index (χ2n) is 6.06. The van der Waals surface area contributed by atoms with Gasteiger partial charge < -0.3 is 14.8 Å². The Bertz CT molecular complexity index is 942. The lowest BCUT2D eigenvalue weighted by Gasteiger charge is -2.37.